The van der Waals surface area contributed by atoms with Gasteiger partial charge in [-0.1, -0.05) is 0 Å². The minimum Gasteiger partial charge on any atom is -0.497 e. The van der Waals surface area contributed by atoms with Crippen molar-refractivity contribution in [1.82, 2.24) is 19.8 Å². The number of ether oxygens (including phenoxy) is 2. The van der Waals surface area contributed by atoms with Gasteiger partial charge in [-0.05, 0) is 26.1 Å². The van der Waals surface area contributed by atoms with Crippen LogP contribution in [-0.4, -0.2) is 99.4 Å². The highest BCUT2D eigenvalue weighted by Gasteiger charge is 2.24. The van der Waals surface area contributed by atoms with Gasteiger partial charge in [-0.15, -0.1) is 0 Å². The monoisotopic (exact) mass is 455 g/mol. The molecule has 0 saturated carbocycles. The molecule has 2 aromatic rings. The van der Waals surface area contributed by atoms with Gasteiger partial charge in [-0.2, -0.15) is 0 Å². The summed E-state index contributed by atoms with van der Waals surface area (Å²) in [5.41, 5.74) is 0.590. The van der Waals surface area contributed by atoms with E-state index in [1.165, 1.54) is 0 Å². The number of methoxy groups -OCH3 is 2. The Bertz CT molecular complexity index is 971. The number of rotatable bonds is 5. The van der Waals surface area contributed by atoms with Crippen LogP contribution in [0.1, 0.15) is 5.82 Å². The van der Waals surface area contributed by atoms with Crippen LogP contribution in [0.4, 0.5) is 22.1 Å². The van der Waals surface area contributed by atoms with Crippen molar-refractivity contribution < 1.29 is 14.3 Å². The van der Waals surface area contributed by atoms with Crippen LogP contribution in [-0.2, 0) is 0 Å². The summed E-state index contributed by atoms with van der Waals surface area (Å²) in [4.78, 5) is 30.9. The van der Waals surface area contributed by atoms with E-state index in [4.69, 9.17) is 9.47 Å². The van der Waals surface area contributed by atoms with Crippen LogP contribution in [0.15, 0.2) is 24.3 Å². The molecule has 0 unspecified atom stereocenters. The standard InChI is InChI=1S/C23H33N7O3/c1-17-24-21(28-9-7-27(2)8-10-28)16-22(25-17)29-11-13-30(14-12-29)23(31)26-19-15-18(32-3)5-6-20(19)33-4/h5-6,15-16H,7-14H2,1-4H3,(H,26,31). The molecule has 33 heavy (non-hydrogen) atoms. The van der Waals surface area contributed by atoms with E-state index in [-0.39, 0.29) is 6.03 Å². The number of aryl methyl sites for hydroxylation is 1. The molecule has 2 aliphatic heterocycles. The number of nitrogens with zero attached hydrogens (tertiary/aromatic N) is 6. The third kappa shape index (κ3) is 5.39. The van der Waals surface area contributed by atoms with Crippen LogP contribution in [0.3, 0.4) is 0 Å². The molecule has 4 rings (SSSR count). The average Bonchev–Trinajstić information content (AvgIpc) is 2.84. The predicted octanol–water partition coefficient (Wildman–Crippen LogP) is 1.91. The zero-order chi connectivity index (χ0) is 23.4. The fraction of sp³-hybridized carbons (Fsp3) is 0.522. The first-order valence-electron chi connectivity index (χ1n) is 11.3. The van der Waals surface area contributed by atoms with Gasteiger partial charge >= 0.3 is 6.03 Å². The highest BCUT2D eigenvalue weighted by molar-refractivity contribution is 5.91. The summed E-state index contributed by atoms with van der Waals surface area (Å²) in [5.74, 6) is 3.93. The van der Waals surface area contributed by atoms with Crippen molar-refractivity contribution in [2.24, 2.45) is 0 Å². The number of aromatic nitrogens is 2. The van der Waals surface area contributed by atoms with Gasteiger partial charge in [0.05, 0.1) is 19.9 Å². The lowest BCUT2D eigenvalue weighted by Crippen LogP contribution is -2.50. The number of urea groups is 1. The van der Waals surface area contributed by atoms with E-state index in [0.29, 0.717) is 43.4 Å². The smallest absolute Gasteiger partial charge is 0.322 e. The number of likely N-dealkylation sites (N-methyl/N-ethyl adjacent to an activating group) is 1. The lowest BCUT2D eigenvalue weighted by molar-refractivity contribution is 0.208. The van der Waals surface area contributed by atoms with E-state index in [9.17, 15) is 4.79 Å². The number of carbonyl (C=O) groups excluding carboxylic acids is 1. The molecule has 178 valence electrons. The second-order valence-corrected chi connectivity index (χ2v) is 8.39. The van der Waals surface area contributed by atoms with Gasteiger partial charge in [-0.25, -0.2) is 14.8 Å². The summed E-state index contributed by atoms with van der Waals surface area (Å²) in [6.07, 6.45) is 0. The fourth-order valence-electron chi connectivity index (χ4n) is 4.14. The highest BCUT2D eigenvalue weighted by atomic mass is 16.5. The van der Waals surface area contributed by atoms with E-state index in [1.807, 2.05) is 11.8 Å². The van der Waals surface area contributed by atoms with Crippen LogP contribution < -0.4 is 24.6 Å². The van der Waals surface area contributed by atoms with Gasteiger partial charge in [-0.3, -0.25) is 0 Å². The first-order chi connectivity index (χ1) is 16.0. The molecule has 0 radical (unpaired) electrons. The van der Waals surface area contributed by atoms with E-state index < -0.39 is 0 Å². The van der Waals surface area contributed by atoms with Crippen LogP contribution in [0.25, 0.3) is 0 Å². The van der Waals surface area contributed by atoms with E-state index in [2.05, 4.69) is 43.1 Å². The highest BCUT2D eigenvalue weighted by Crippen LogP contribution is 2.29. The summed E-state index contributed by atoms with van der Waals surface area (Å²) < 4.78 is 10.6. The van der Waals surface area contributed by atoms with Crippen molar-refractivity contribution in [3.63, 3.8) is 0 Å². The minimum atomic E-state index is -0.154. The summed E-state index contributed by atoms with van der Waals surface area (Å²) in [7, 11) is 5.32. The maximum atomic E-state index is 12.9. The Morgan fingerprint density at radius 1 is 0.879 bits per heavy atom. The Kier molecular flexibility index (Phi) is 7.02. The summed E-state index contributed by atoms with van der Waals surface area (Å²) in [5, 5.41) is 2.95. The van der Waals surface area contributed by atoms with E-state index in [0.717, 1.165) is 43.6 Å². The lowest BCUT2D eigenvalue weighted by atomic mass is 10.2. The Balaban J connectivity index is 1.38. The number of nitrogens with one attached hydrogen (secondary N) is 1. The van der Waals surface area contributed by atoms with Crippen molar-refractivity contribution in [1.29, 1.82) is 0 Å². The van der Waals surface area contributed by atoms with Gasteiger partial charge in [0.2, 0.25) is 0 Å². The predicted molar refractivity (Wildman–Crippen MR) is 129 cm³/mol. The van der Waals surface area contributed by atoms with E-state index in [1.54, 1.807) is 32.4 Å². The topological polar surface area (TPSA) is 86.3 Å². The lowest BCUT2D eigenvalue weighted by Gasteiger charge is -2.36. The Hall–Kier alpha value is -3.27. The molecule has 0 bridgehead atoms. The zero-order valence-electron chi connectivity index (χ0n) is 19.9. The number of anilines is 3. The molecule has 10 heteroatoms. The summed E-state index contributed by atoms with van der Waals surface area (Å²) >= 11 is 0. The van der Waals surface area contributed by atoms with Gasteiger partial charge in [0.15, 0.2) is 0 Å². The van der Waals surface area contributed by atoms with Crippen LogP contribution in [0, 0.1) is 6.92 Å². The van der Waals surface area contributed by atoms with Crippen molar-refractivity contribution in [2.75, 3.05) is 88.7 Å². The molecule has 2 saturated heterocycles. The quantitative estimate of drug-likeness (QED) is 0.732. The number of benzene rings is 1. The molecular formula is C23H33N7O3. The average molecular weight is 456 g/mol. The Morgan fingerprint density at radius 3 is 2.06 bits per heavy atom. The normalized spacial score (nSPS) is 17.2. The first-order valence-corrected chi connectivity index (χ1v) is 11.3. The number of carbonyl (C=O) groups is 1. The summed E-state index contributed by atoms with van der Waals surface area (Å²) in [6.45, 7) is 8.56. The molecule has 1 aromatic heterocycles. The van der Waals surface area contributed by atoms with Crippen LogP contribution >= 0.6 is 0 Å². The molecule has 3 heterocycles. The van der Waals surface area contributed by atoms with Crippen LogP contribution in [0.5, 0.6) is 11.5 Å². The molecule has 2 amide bonds. The van der Waals surface area contributed by atoms with Gasteiger partial charge < -0.3 is 34.4 Å². The second kappa shape index (κ2) is 10.1. The molecule has 1 aromatic carbocycles. The molecule has 0 spiro atoms. The molecular weight excluding hydrogens is 422 g/mol. The third-order valence-electron chi connectivity index (χ3n) is 6.18. The van der Waals surface area contributed by atoms with Crippen molar-refractivity contribution in [3.8, 4) is 11.5 Å². The van der Waals surface area contributed by atoms with Gasteiger partial charge in [0, 0.05) is 64.5 Å². The van der Waals surface area contributed by atoms with Crippen molar-refractivity contribution in [2.45, 2.75) is 6.92 Å². The largest absolute Gasteiger partial charge is 0.497 e. The van der Waals surface area contributed by atoms with Gasteiger partial charge in [0.1, 0.15) is 29.0 Å². The SMILES string of the molecule is COc1ccc(OC)c(NC(=O)N2CCN(c3cc(N4CCN(C)CC4)nc(C)n3)CC2)c1. The molecule has 2 aliphatic rings. The maximum Gasteiger partial charge on any atom is 0.322 e. The van der Waals surface area contributed by atoms with Crippen LogP contribution in [0.2, 0.25) is 0 Å². The Labute approximate surface area is 195 Å². The van der Waals surface area contributed by atoms with E-state index >= 15 is 0 Å². The summed E-state index contributed by atoms with van der Waals surface area (Å²) in [6, 6.07) is 7.26. The van der Waals surface area contributed by atoms with Crippen molar-refractivity contribution in [3.05, 3.63) is 30.1 Å². The van der Waals surface area contributed by atoms with Gasteiger partial charge in [0.25, 0.3) is 0 Å². The minimum absolute atomic E-state index is 0.154. The fourth-order valence-corrected chi connectivity index (χ4v) is 4.14. The van der Waals surface area contributed by atoms with Crippen molar-refractivity contribution >= 4 is 23.4 Å². The zero-order valence-corrected chi connectivity index (χ0v) is 19.9. The third-order valence-corrected chi connectivity index (χ3v) is 6.18. The molecule has 1 N–H and O–H groups in total. The molecule has 0 atom stereocenters. The number of amides is 2. The molecule has 0 aliphatic carbocycles. The second-order valence-electron chi connectivity index (χ2n) is 8.39. The molecule has 10 nitrogen and oxygen atoms in total. The Morgan fingerprint density at radius 2 is 1.48 bits per heavy atom. The first kappa shape index (κ1) is 22.9. The maximum absolute atomic E-state index is 12.9. The number of hydrogen-bond donors (Lipinski definition) is 1. The number of piperazine rings is 2. The molecule has 2 fully saturated rings. The number of hydrogen-bond acceptors (Lipinski definition) is 8.